The molecule has 0 unspecified atom stereocenters. The lowest BCUT2D eigenvalue weighted by Gasteiger charge is -2.33. The van der Waals surface area contributed by atoms with E-state index in [1.54, 1.807) is 0 Å². The molecule has 2 amide bonds. The molecule has 0 spiro atoms. The Bertz CT molecular complexity index is 222. The second kappa shape index (κ2) is 6.12. The van der Waals surface area contributed by atoms with Gasteiger partial charge in [-0.2, -0.15) is 0 Å². The summed E-state index contributed by atoms with van der Waals surface area (Å²) in [5, 5.41) is 0. The van der Waals surface area contributed by atoms with Crippen molar-refractivity contribution in [3.05, 3.63) is 0 Å². The van der Waals surface area contributed by atoms with E-state index < -0.39 is 0 Å². The van der Waals surface area contributed by atoms with E-state index in [2.05, 4.69) is 18.7 Å². The first-order valence-electron chi connectivity index (χ1n) is 6.58. The molecule has 16 heavy (non-hydrogen) atoms. The van der Waals surface area contributed by atoms with Crippen LogP contribution in [0.4, 0.5) is 4.79 Å². The Morgan fingerprint density at radius 1 is 1.31 bits per heavy atom. The van der Waals surface area contributed by atoms with Gasteiger partial charge in [-0.1, -0.05) is 26.7 Å². The molecule has 0 N–H and O–H groups in total. The second-order valence-corrected chi connectivity index (χ2v) is 5.28. The number of nitrogens with zero attached hydrogens (tertiary/aromatic N) is 2. The molecule has 94 valence electrons. The lowest BCUT2D eigenvalue weighted by Crippen LogP contribution is -2.47. The quantitative estimate of drug-likeness (QED) is 0.723. The van der Waals surface area contributed by atoms with Gasteiger partial charge in [0.15, 0.2) is 0 Å². The molecule has 0 bridgehead atoms. The van der Waals surface area contributed by atoms with Crippen LogP contribution >= 0.6 is 0 Å². The first-order chi connectivity index (χ1) is 7.56. The number of carbonyl (C=O) groups excluding carboxylic acids is 1. The van der Waals surface area contributed by atoms with Crippen LogP contribution in [0, 0.1) is 5.92 Å². The molecule has 3 nitrogen and oxygen atoms in total. The summed E-state index contributed by atoms with van der Waals surface area (Å²) in [7, 11) is 1.89. The van der Waals surface area contributed by atoms with Crippen molar-refractivity contribution < 1.29 is 4.79 Å². The highest BCUT2D eigenvalue weighted by atomic mass is 16.2. The highest BCUT2D eigenvalue weighted by molar-refractivity contribution is 5.74. The first-order valence-corrected chi connectivity index (χ1v) is 6.58. The number of hydrogen-bond acceptors (Lipinski definition) is 1. The van der Waals surface area contributed by atoms with E-state index in [0.717, 1.165) is 13.1 Å². The monoisotopic (exact) mass is 226 g/mol. The summed E-state index contributed by atoms with van der Waals surface area (Å²) in [4.78, 5) is 16.2. The topological polar surface area (TPSA) is 23.6 Å². The smallest absolute Gasteiger partial charge is 0.319 e. The fourth-order valence-corrected chi connectivity index (χ4v) is 2.35. The standard InChI is InChI=1S/C13H26N2O/c1-5-14(4)13(16)15(10-11(2)3)12-8-6-7-9-12/h11-12H,5-10H2,1-4H3. The maximum atomic E-state index is 12.2. The summed E-state index contributed by atoms with van der Waals surface area (Å²) in [5.41, 5.74) is 0. The summed E-state index contributed by atoms with van der Waals surface area (Å²) in [6.45, 7) is 8.08. The van der Waals surface area contributed by atoms with Gasteiger partial charge in [0.2, 0.25) is 0 Å². The highest BCUT2D eigenvalue weighted by Gasteiger charge is 2.28. The zero-order chi connectivity index (χ0) is 12.1. The van der Waals surface area contributed by atoms with Crippen LogP contribution in [0.3, 0.4) is 0 Å². The molecule has 0 saturated heterocycles. The number of urea groups is 1. The number of amides is 2. The van der Waals surface area contributed by atoms with Crippen LogP contribution in [0.2, 0.25) is 0 Å². The predicted octanol–water partition coefficient (Wildman–Crippen LogP) is 2.96. The van der Waals surface area contributed by atoms with Gasteiger partial charge in [-0.25, -0.2) is 4.79 Å². The van der Waals surface area contributed by atoms with E-state index in [4.69, 9.17) is 0 Å². The third kappa shape index (κ3) is 3.39. The zero-order valence-electron chi connectivity index (χ0n) is 11.2. The Hall–Kier alpha value is -0.730. The van der Waals surface area contributed by atoms with Crippen LogP contribution < -0.4 is 0 Å². The minimum atomic E-state index is 0.211. The maximum Gasteiger partial charge on any atom is 0.319 e. The van der Waals surface area contributed by atoms with Crippen LogP contribution in [-0.4, -0.2) is 42.0 Å². The molecule has 0 atom stereocenters. The molecule has 1 aliphatic carbocycles. The predicted molar refractivity (Wildman–Crippen MR) is 67.5 cm³/mol. The minimum absolute atomic E-state index is 0.211. The Kier molecular flexibility index (Phi) is 5.10. The molecule has 0 aliphatic heterocycles. The van der Waals surface area contributed by atoms with Crippen LogP contribution in [0.5, 0.6) is 0 Å². The zero-order valence-corrected chi connectivity index (χ0v) is 11.2. The van der Waals surface area contributed by atoms with Gasteiger partial charge in [-0.3, -0.25) is 0 Å². The van der Waals surface area contributed by atoms with Gasteiger partial charge in [-0.05, 0) is 25.7 Å². The normalized spacial score (nSPS) is 16.8. The van der Waals surface area contributed by atoms with E-state index in [1.165, 1.54) is 25.7 Å². The van der Waals surface area contributed by atoms with E-state index in [-0.39, 0.29) is 6.03 Å². The van der Waals surface area contributed by atoms with Crippen molar-refractivity contribution in [2.75, 3.05) is 20.1 Å². The molecular weight excluding hydrogens is 200 g/mol. The Labute approximate surface area is 99.8 Å². The summed E-state index contributed by atoms with van der Waals surface area (Å²) < 4.78 is 0. The van der Waals surface area contributed by atoms with Crippen molar-refractivity contribution in [3.63, 3.8) is 0 Å². The maximum absolute atomic E-state index is 12.2. The molecule has 0 heterocycles. The molecule has 1 fully saturated rings. The van der Waals surface area contributed by atoms with Gasteiger partial charge in [0, 0.05) is 26.2 Å². The summed E-state index contributed by atoms with van der Waals surface area (Å²) in [6, 6.07) is 0.701. The van der Waals surface area contributed by atoms with Crippen molar-refractivity contribution in [1.82, 2.24) is 9.80 Å². The molecular formula is C13H26N2O. The van der Waals surface area contributed by atoms with Crippen molar-refractivity contribution in [2.24, 2.45) is 5.92 Å². The Morgan fingerprint density at radius 2 is 1.88 bits per heavy atom. The third-order valence-electron chi connectivity index (χ3n) is 3.37. The lowest BCUT2D eigenvalue weighted by molar-refractivity contribution is 0.136. The Morgan fingerprint density at radius 3 is 2.31 bits per heavy atom. The molecule has 1 aliphatic rings. The van der Waals surface area contributed by atoms with E-state index in [0.29, 0.717) is 12.0 Å². The summed E-state index contributed by atoms with van der Waals surface area (Å²) in [6.07, 6.45) is 4.94. The minimum Gasteiger partial charge on any atom is -0.328 e. The molecule has 0 aromatic rings. The first kappa shape index (κ1) is 13.3. The molecule has 0 radical (unpaired) electrons. The van der Waals surface area contributed by atoms with Crippen LogP contribution in [0.25, 0.3) is 0 Å². The average Bonchev–Trinajstić information content (AvgIpc) is 2.76. The van der Waals surface area contributed by atoms with Crippen molar-refractivity contribution in [3.8, 4) is 0 Å². The largest absolute Gasteiger partial charge is 0.328 e. The summed E-state index contributed by atoms with van der Waals surface area (Å²) >= 11 is 0. The number of carbonyl (C=O) groups is 1. The average molecular weight is 226 g/mol. The number of rotatable bonds is 4. The molecule has 0 aromatic carbocycles. The fourth-order valence-electron chi connectivity index (χ4n) is 2.35. The van der Waals surface area contributed by atoms with Crippen molar-refractivity contribution in [1.29, 1.82) is 0 Å². The molecule has 0 aromatic heterocycles. The van der Waals surface area contributed by atoms with Crippen LogP contribution in [0.1, 0.15) is 46.5 Å². The number of hydrogen-bond donors (Lipinski definition) is 0. The van der Waals surface area contributed by atoms with Gasteiger partial charge >= 0.3 is 6.03 Å². The second-order valence-electron chi connectivity index (χ2n) is 5.28. The molecule has 1 rings (SSSR count). The van der Waals surface area contributed by atoms with E-state index in [1.807, 2.05) is 18.9 Å². The lowest BCUT2D eigenvalue weighted by atomic mass is 10.1. The van der Waals surface area contributed by atoms with Gasteiger partial charge in [0.05, 0.1) is 0 Å². The van der Waals surface area contributed by atoms with Crippen molar-refractivity contribution in [2.45, 2.75) is 52.5 Å². The van der Waals surface area contributed by atoms with Crippen LogP contribution in [0.15, 0.2) is 0 Å². The fraction of sp³-hybridized carbons (Fsp3) is 0.923. The van der Waals surface area contributed by atoms with Gasteiger partial charge in [-0.15, -0.1) is 0 Å². The van der Waals surface area contributed by atoms with Crippen molar-refractivity contribution >= 4 is 6.03 Å². The highest BCUT2D eigenvalue weighted by Crippen LogP contribution is 2.25. The van der Waals surface area contributed by atoms with E-state index >= 15 is 0 Å². The molecule has 3 heteroatoms. The van der Waals surface area contributed by atoms with Gasteiger partial charge < -0.3 is 9.80 Å². The summed E-state index contributed by atoms with van der Waals surface area (Å²) in [5.74, 6) is 0.551. The molecule has 1 saturated carbocycles. The van der Waals surface area contributed by atoms with Crippen LogP contribution in [-0.2, 0) is 0 Å². The third-order valence-corrected chi connectivity index (χ3v) is 3.37. The SMILES string of the molecule is CCN(C)C(=O)N(CC(C)C)C1CCCC1. The van der Waals surface area contributed by atoms with Gasteiger partial charge in [0.25, 0.3) is 0 Å². The van der Waals surface area contributed by atoms with E-state index in [9.17, 15) is 4.79 Å². The Balaban J connectivity index is 2.65. The van der Waals surface area contributed by atoms with Gasteiger partial charge in [0.1, 0.15) is 0 Å².